The van der Waals surface area contributed by atoms with E-state index >= 15 is 0 Å². The van der Waals surface area contributed by atoms with Crippen molar-refractivity contribution in [2.24, 2.45) is 0 Å². The molecule has 2 rings (SSSR count). The van der Waals surface area contributed by atoms with Crippen LogP contribution in [0.15, 0.2) is 18.9 Å². The van der Waals surface area contributed by atoms with Crippen molar-refractivity contribution in [3.63, 3.8) is 0 Å². The molecule has 0 radical (unpaired) electrons. The molecule has 1 aliphatic heterocycles. The fraction of sp³-hybridized carbons (Fsp3) is 0.643. The average molecular weight is 249 g/mol. The van der Waals surface area contributed by atoms with E-state index in [1.807, 2.05) is 13.0 Å². The molecule has 1 fully saturated rings. The average Bonchev–Trinajstić information content (AvgIpc) is 2.58. The van der Waals surface area contributed by atoms with Crippen LogP contribution in [0.4, 0.5) is 5.95 Å². The van der Waals surface area contributed by atoms with Gasteiger partial charge in [-0.05, 0) is 33.6 Å². The van der Waals surface area contributed by atoms with Gasteiger partial charge < -0.3 is 14.6 Å². The van der Waals surface area contributed by atoms with Crippen LogP contribution in [-0.4, -0.2) is 27.8 Å². The monoisotopic (exact) mass is 249 g/mol. The molecule has 4 heteroatoms. The number of aromatic nitrogens is 2. The second-order valence-corrected chi connectivity index (χ2v) is 5.59. The molecule has 0 spiro atoms. The van der Waals surface area contributed by atoms with E-state index in [-0.39, 0.29) is 5.60 Å². The zero-order valence-corrected chi connectivity index (χ0v) is 11.6. The Morgan fingerprint density at radius 1 is 1.67 bits per heavy atom. The highest BCUT2D eigenvalue weighted by Crippen LogP contribution is 2.26. The van der Waals surface area contributed by atoms with Gasteiger partial charge in [0.15, 0.2) is 0 Å². The maximum absolute atomic E-state index is 5.73. The van der Waals surface area contributed by atoms with E-state index in [0.717, 1.165) is 37.6 Å². The van der Waals surface area contributed by atoms with E-state index in [0.29, 0.717) is 6.04 Å². The normalized spacial score (nSPS) is 22.7. The molecule has 1 saturated heterocycles. The molecular formula is C14H23N3O. The molecule has 0 bridgehead atoms. The Morgan fingerprint density at radius 3 is 3.11 bits per heavy atom. The van der Waals surface area contributed by atoms with E-state index in [1.54, 1.807) is 0 Å². The van der Waals surface area contributed by atoms with Crippen LogP contribution < -0.4 is 5.32 Å². The molecule has 0 amide bonds. The van der Waals surface area contributed by atoms with Crippen molar-refractivity contribution in [3.8, 4) is 0 Å². The summed E-state index contributed by atoms with van der Waals surface area (Å²) >= 11 is 0. The third kappa shape index (κ3) is 3.13. The first kappa shape index (κ1) is 13.1. The number of hydrogen-bond acceptors (Lipinski definition) is 3. The quantitative estimate of drug-likeness (QED) is 0.834. The molecule has 1 aromatic rings. The summed E-state index contributed by atoms with van der Waals surface area (Å²) in [7, 11) is 0. The Hall–Kier alpha value is -1.29. The minimum atomic E-state index is -0.0409. The first-order chi connectivity index (χ1) is 8.50. The van der Waals surface area contributed by atoms with E-state index in [9.17, 15) is 0 Å². The number of rotatable bonds is 4. The SMILES string of the molecule is C=CCn1cc(C)nc1NC1CCOC(C)(C)C1. The van der Waals surface area contributed by atoms with Gasteiger partial charge in [0.1, 0.15) is 0 Å². The van der Waals surface area contributed by atoms with E-state index in [1.165, 1.54) is 0 Å². The Kier molecular flexibility index (Phi) is 3.76. The van der Waals surface area contributed by atoms with Crippen LogP contribution in [0, 0.1) is 6.92 Å². The van der Waals surface area contributed by atoms with Crippen molar-refractivity contribution in [3.05, 3.63) is 24.5 Å². The van der Waals surface area contributed by atoms with E-state index in [2.05, 4.69) is 41.5 Å². The summed E-state index contributed by atoms with van der Waals surface area (Å²) in [6.07, 6.45) is 5.98. The number of aryl methyl sites for hydroxylation is 1. The Morgan fingerprint density at radius 2 is 2.44 bits per heavy atom. The van der Waals surface area contributed by atoms with Gasteiger partial charge in [0.2, 0.25) is 5.95 Å². The fourth-order valence-corrected chi connectivity index (χ4v) is 2.48. The van der Waals surface area contributed by atoms with Crippen LogP contribution in [0.1, 0.15) is 32.4 Å². The molecule has 100 valence electrons. The van der Waals surface area contributed by atoms with Gasteiger partial charge in [-0.25, -0.2) is 4.98 Å². The molecule has 0 saturated carbocycles. The molecule has 1 N–H and O–H groups in total. The number of nitrogens with zero attached hydrogens (tertiary/aromatic N) is 2. The first-order valence-electron chi connectivity index (χ1n) is 6.55. The zero-order valence-electron chi connectivity index (χ0n) is 11.6. The Labute approximate surface area is 109 Å². The lowest BCUT2D eigenvalue weighted by atomic mass is 9.94. The van der Waals surface area contributed by atoms with Gasteiger partial charge in [-0.15, -0.1) is 6.58 Å². The predicted octanol–water partition coefficient (Wildman–Crippen LogP) is 2.75. The van der Waals surface area contributed by atoms with Gasteiger partial charge in [0, 0.05) is 25.4 Å². The van der Waals surface area contributed by atoms with E-state index < -0.39 is 0 Å². The number of ether oxygens (including phenoxy) is 1. The first-order valence-corrected chi connectivity index (χ1v) is 6.55. The lowest BCUT2D eigenvalue weighted by Gasteiger charge is -2.36. The number of allylic oxidation sites excluding steroid dienone is 1. The Bertz CT molecular complexity index is 423. The maximum atomic E-state index is 5.73. The minimum absolute atomic E-state index is 0.0409. The minimum Gasteiger partial charge on any atom is -0.375 e. The number of imidazole rings is 1. The van der Waals surface area contributed by atoms with Crippen LogP contribution >= 0.6 is 0 Å². The van der Waals surface area contributed by atoms with Crippen LogP contribution in [0.2, 0.25) is 0 Å². The lowest BCUT2D eigenvalue weighted by Crippen LogP contribution is -2.40. The topological polar surface area (TPSA) is 39.1 Å². The molecular weight excluding hydrogens is 226 g/mol. The van der Waals surface area contributed by atoms with E-state index in [4.69, 9.17) is 4.74 Å². The second-order valence-electron chi connectivity index (χ2n) is 5.59. The molecule has 18 heavy (non-hydrogen) atoms. The van der Waals surface area contributed by atoms with Crippen LogP contribution in [0.5, 0.6) is 0 Å². The summed E-state index contributed by atoms with van der Waals surface area (Å²) in [6.45, 7) is 11.7. The lowest BCUT2D eigenvalue weighted by molar-refractivity contribution is -0.0554. The van der Waals surface area contributed by atoms with Gasteiger partial charge in [-0.1, -0.05) is 6.08 Å². The number of anilines is 1. The van der Waals surface area contributed by atoms with Gasteiger partial charge in [0.05, 0.1) is 11.3 Å². The van der Waals surface area contributed by atoms with Crippen LogP contribution in [-0.2, 0) is 11.3 Å². The highest BCUT2D eigenvalue weighted by atomic mass is 16.5. The summed E-state index contributed by atoms with van der Waals surface area (Å²) in [5.41, 5.74) is 0.992. The molecule has 2 heterocycles. The maximum Gasteiger partial charge on any atom is 0.203 e. The largest absolute Gasteiger partial charge is 0.375 e. The van der Waals surface area contributed by atoms with Crippen molar-refractivity contribution >= 4 is 5.95 Å². The summed E-state index contributed by atoms with van der Waals surface area (Å²) in [4.78, 5) is 4.53. The molecule has 0 aliphatic carbocycles. The van der Waals surface area contributed by atoms with Gasteiger partial charge in [0.25, 0.3) is 0 Å². The highest BCUT2D eigenvalue weighted by molar-refractivity contribution is 5.31. The van der Waals surface area contributed by atoms with Gasteiger partial charge in [-0.3, -0.25) is 0 Å². The highest BCUT2D eigenvalue weighted by Gasteiger charge is 2.29. The summed E-state index contributed by atoms with van der Waals surface area (Å²) in [5, 5.41) is 3.53. The Balaban J connectivity index is 2.06. The molecule has 1 aliphatic rings. The molecule has 1 aromatic heterocycles. The zero-order chi connectivity index (χ0) is 13.2. The summed E-state index contributed by atoms with van der Waals surface area (Å²) in [5.74, 6) is 0.940. The number of hydrogen-bond donors (Lipinski definition) is 1. The van der Waals surface area contributed by atoms with Gasteiger partial charge >= 0.3 is 0 Å². The van der Waals surface area contributed by atoms with Crippen molar-refractivity contribution in [2.75, 3.05) is 11.9 Å². The molecule has 0 aromatic carbocycles. The van der Waals surface area contributed by atoms with Crippen molar-refractivity contribution in [2.45, 2.75) is 51.8 Å². The molecule has 1 unspecified atom stereocenters. The fourth-order valence-electron chi connectivity index (χ4n) is 2.48. The predicted molar refractivity (Wildman–Crippen MR) is 73.8 cm³/mol. The summed E-state index contributed by atoms with van der Waals surface area (Å²) < 4.78 is 7.83. The third-order valence-electron chi connectivity index (χ3n) is 3.25. The molecule has 4 nitrogen and oxygen atoms in total. The smallest absolute Gasteiger partial charge is 0.203 e. The standard InChI is InChI=1S/C14H23N3O/c1-5-7-17-10-11(2)15-13(17)16-12-6-8-18-14(3,4)9-12/h5,10,12H,1,6-9H2,2-4H3,(H,15,16). The van der Waals surface area contributed by atoms with Crippen LogP contribution in [0.3, 0.4) is 0 Å². The van der Waals surface area contributed by atoms with Crippen molar-refractivity contribution < 1.29 is 4.74 Å². The summed E-state index contributed by atoms with van der Waals surface area (Å²) in [6, 6.07) is 0.430. The second kappa shape index (κ2) is 5.14. The third-order valence-corrected chi connectivity index (χ3v) is 3.25. The van der Waals surface area contributed by atoms with Crippen molar-refractivity contribution in [1.29, 1.82) is 0 Å². The molecule has 1 atom stereocenters. The number of nitrogens with one attached hydrogen (secondary N) is 1. The van der Waals surface area contributed by atoms with Gasteiger partial charge in [-0.2, -0.15) is 0 Å². The van der Waals surface area contributed by atoms with Crippen LogP contribution in [0.25, 0.3) is 0 Å². The van der Waals surface area contributed by atoms with Crippen molar-refractivity contribution in [1.82, 2.24) is 9.55 Å².